The lowest BCUT2D eigenvalue weighted by molar-refractivity contribution is -0.117. The van der Waals surface area contributed by atoms with Gasteiger partial charge in [-0.2, -0.15) is 0 Å². The number of hydrogen-bond acceptors (Lipinski definition) is 3. The molecule has 1 saturated heterocycles. The third-order valence-corrected chi connectivity index (χ3v) is 4.75. The molecule has 2 rings (SSSR count). The first-order valence-electron chi connectivity index (χ1n) is 6.27. The molecule has 5 heteroatoms. The van der Waals surface area contributed by atoms with E-state index in [4.69, 9.17) is 0 Å². The average molecular weight is 342 g/mol. The third-order valence-electron chi connectivity index (χ3n) is 3.13. The molecule has 3 nitrogen and oxygen atoms in total. The first-order valence-corrected chi connectivity index (χ1v) is 7.94. The molecule has 0 aromatic heterocycles. The van der Waals surface area contributed by atoms with Crippen LogP contribution in [0.1, 0.15) is 25.8 Å². The van der Waals surface area contributed by atoms with Crippen molar-refractivity contribution in [1.82, 2.24) is 0 Å². The molecule has 19 heavy (non-hydrogen) atoms. The molecule has 102 valence electrons. The summed E-state index contributed by atoms with van der Waals surface area (Å²) in [7, 11) is 0. The highest BCUT2D eigenvalue weighted by Gasteiger charge is 2.32. The Labute approximate surface area is 125 Å². The molecule has 1 aliphatic rings. The van der Waals surface area contributed by atoms with Gasteiger partial charge >= 0.3 is 0 Å². The van der Waals surface area contributed by atoms with E-state index in [0.29, 0.717) is 13.0 Å². The van der Waals surface area contributed by atoms with E-state index in [-0.39, 0.29) is 16.3 Å². The lowest BCUT2D eigenvalue weighted by Crippen LogP contribution is -2.25. The van der Waals surface area contributed by atoms with Crippen molar-refractivity contribution in [2.45, 2.75) is 31.9 Å². The standard InChI is InChI=1S/C14H16BrNO2S/c1-3-10-4-5-13(12(15)6-10)16-8-11(7-14(16)18)19-9(2)17/h4-6,11H,3,7-8H2,1-2H3. The van der Waals surface area contributed by atoms with Crippen LogP contribution in [0.3, 0.4) is 0 Å². The van der Waals surface area contributed by atoms with Gasteiger partial charge in [-0.1, -0.05) is 24.8 Å². The smallest absolute Gasteiger partial charge is 0.228 e. The van der Waals surface area contributed by atoms with Crippen LogP contribution in [0.15, 0.2) is 22.7 Å². The predicted octanol–water partition coefficient (Wildman–Crippen LogP) is 3.40. The molecule has 0 radical (unpaired) electrons. The minimum atomic E-state index is 0.0695. The van der Waals surface area contributed by atoms with Gasteiger partial charge in [-0.3, -0.25) is 9.59 Å². The molecule has 0 N–H and O–H groups in total. The molecule has 1 aliphatic heterocycles. The zero-order valence-electron chi connectivity index (χ0n) is 11.0. The highest BCUT2D eigenvalue weighted by Crippen LogP contribution is 2.33. The van der Waals surface area contributed by atoms with E-state index in [1.807, 2.05) is 18.2 Å². The summed E-state index contributed by atoms with van der Waals surface area (Å²) in [4.78, 5) is 24.9. The molecular formula is C14H16BrNO2S. The summed E-state index contributed by atoms with van der Waals surface area (Å²) in [5.41, 5.74) is 2.13. The lowest BCUT2D eigenvalue weighted by atomic mass is 10.1. The second-order valence-electron chi connectivity index (χ2n) is 4.58. The molecule has 0 saturated carbocycles. The van der Waals surface area contributed by atoms with E-state index in [2.05, 4.69) is 22.9 Å². The molecule has 1 aromatic rings. The highest BCUT2D eigenvalue weighted by atomic mass is 79.9. The molecule has 0 aliphatic carbocycles. The van der Waals surface area contributed by atoms with Gasteiger partial charge in [0.05, 0.1) is 5.69 Å². The van der Waals surface area contributed by atoms with Gasteiger partial charge in [-0.25, -0.2) is 0 Å². The van der Waals surface area contributed by atoms with Gasteiger partial charge in [0.25, 0.3) is 0 Å². The molecule has 0 spiro atoms. The highest BCUT2D eigenvalue weighted by molar-refractivity contribution is 9.10. The SMILES string of the molecule is CCc1ccc(N2CC(SC(C)=O)CC2=O)c(Br)c1. The fraction of sp³-hybridized carbons (Fsp3) is 0.429. The summed E-state index contributed by atoms with van der Waals surface area (Å²) in [6, 6.07) is 6.06. The van der Waals surface area contributed by atoms with Crippen molar-refractivity contribution in [3.63, 3.8) is 0 Å². The van der Waals surface area contributed by atoms with Crippen LogP contribution in [0, 0.1) is 0 Å². The van der Waals surface area contributed by atoms with Crippen LogP contribution >= 0.6 is 27.7 Å². The van der Waals surface area contributed by atoms with E-state index < -0.39 is 0 Å². The van der Waals surface area contributed by atoms with Crippen LogP contribution < -0.4 is 4.90 Å². The number of anilines is 1. The summed E-state index contributed by atoms with van der Waals surface area (Å²) < 4.78 is 0.939. The third kappa shape index (κ3) is 3.39. The number of carbonyl (C=O) groups excluding carboxylic acids is 2. The maximum Gasteiger partial charge on any atom is 0.228 e. The summed E-state index contributed by atoms with van der Waals surface area (Å²) >= 11 is 4.79. The molecule has 1 aromatic carbocycles. The Hall–Kier alpha value is -0.810. The molecular weight excluding hydrogens is 326 g/mol. The fourth-order valence-electron chi connectivity index (χ4n) is 2.21. The Morgan fingerprint density at radius 1 is 1.53 bits per heavy atom. The van der Waals surface area contributed by atoms with E-state index in [1.165, 1.54) is 17.3 Å². The van der Waals surface area contributed by atoms with Crippen LogP contribution in [0.5, 0.6) is 0 Å². The van der Waals surface area contributed by atoms with E-state index in [9.17, 15) is 9.59 Å². The van der Waals surface area contributed by atoms with Gasteiger partial charge in [0.2, 0.25) is 5.91 Å². The molecule has 1 heterocycles. The lowest BCUT2D eigenvalue weighted by Gasteiger charge is -2.18. The van der Waals surface area contributed by atoms with Gasteiger partial charge < -0.3 is 4.90 Å². The van der Waals surface area contributed by atoms with Crippen LogP contribution in [0.2, 0.25) is 0 Å². The van der Waals surface area contributed by atoms with E-state index in [1.54, 1.807) is 11.8 Å². The number of benzene rings is 1. The van der Waals surface area contributed by atoms with Crippen molar-refractivity contribution in [1.29, 1.82) is 0 Å². The zero-order chi connectivity index (χ0) is 14.0. The van der Waals surface area contributed by atoms with Crippen LogP contribution in [-0.4, -0.2) is 22.8 Å². The molecule has 1 amide bonds. The predicted molar refractivity (Wildman–Crippen MR) is 82.6 cm³/mol. The first-order chi connectivity index (χ1) is 9.01. The maximum atomic E-state index is 12.1. The Bertz CT molecular complexity index is 518. The van der Waals surface area contributed by atoms with Crippen LogP contribution in [0.4, 0.5) is 5.69 Å². The van der Waals surface area contributed by atoms with Crippen LogP contribution in [-0.2, 0) is 16.0 Å². The maximum absolute atomic E-state index is 12.1. The quantitative estimate of drug-likeness (QED) is 0.845. The Kier molecular flexibility index (Phi) is 4.68. The number of nitrogens with zero attached hydrogens (tertiary/aromatic N) is 1. The first kappa shape index (κ1) is 14.6. The fourth-order valence-corrected chi connectivity index (χ4v) is 3.77. The molecule has 1 atom stereocenters. The number of thioether (sulfide) groups is 1. The zero-order valence-corrected chi connectivity index (χ0v) is 13.4. The number of amides is 1. The van der Waals surface area contributed by atoms with Gasteiger partial charge in [-0.05, 0) is 40.0 Å². The normalized spacial score (nSPS) is 19.0. The van der Waals surface area contributed by atoms with Crippen molar-refractivity contribution in [3.05, 3.63) is 28.2 Å². The number of rotatable bonds is 3. The number of halogens is 1. The van der Waals surface area contributed by atoms with E-state index in [0.717, 1.165) is 16.6 Å². The van der Waals surface area contributed by atoms with Crippen molar-refractivity contribution in [2.75, 3.05) is 11.4 Å². The number of hydrogen-bond donors (Lipinski definition) is 0. The number of aryl methyl sites for hydroxylation is 1. The molecule has 1 fully saturated rings. The molecule has 0 bridgehead atoms. The Morgan fingerprint density at radius 2 is 2.26 bits per heavy atom. The summed E-state index contributed by atoms with van der Waals surface area (Å²) in [6.45, 7) is 4.25. The second kappa shape index (κ2) is 6.09. The summed E-state index contributed by atoms with van der Waals surface area (Å²) in [6.07, 6.45) is 1.40. The van der Waals surface area contributed by atoms with Crippen LogP contribution in [0.25, 0.3) is 0 Å². The van der Waals surface area contributed by atoms with Gasteiger partial charge in [0.15, 0.2) is 5.12 Å². The summed E-state index contributed by atoms with van der Waals surface area (Å²) in [5, 5.41) is 0.141. The Balaban J connectivity index is 2.18. The summed E-state index contributed by atoms with van der Waals surface area (Å²) in [5.74, 6) is 0.0868. The Morgan fingerprint density at radius 3 is 2.84 bits per heavy atom. The average Bonchev–Trinajstić information content (AvgIpc) is 2.69. The van der Waals surface area contributed by atoms with Gasteiger partial charge in [0.1, 0.15) is 0 Å². The van der Waals surface area contributed by atoms with Gasteiger partial charge in [0, 0.05) is 29.6 Å². The van der Waals surface area contributed by atoms with Crippen molar-refractivity contribution in [2.24, 2.45) is 0 Å². The largest absolute Gasteiger partial charge is 0.310 e. The van der Waals surface area contributed by atoms with Gasteiger partial charge in [-0.15, -0.1) is 0 Å². The minimum absolute atomic E-state index is 0.0695. The number of carbonyl (C=O) groups is 2. The van der Waals surface area contributed by atoms with Crippen molar-refractivity contribution < 1.29 is 9.59 Å². The minimum Gasteiger partial charge on any atom is -0.310 e. The molecule has 1 unspecified atom stereocenters. The van der Waals surface area contributed by atoms with E-state index >= 15 is 0 Å². The topological polar surface area (TPSA) is 37.4 Å². The second-order valence-corrected chi connectivity index (χ2v) is 6.91. The van der Waals surface area contributed by atoms with Crippen molar-refractivity contribution >= 4 is 44.4 Å². The van der Waals surface area contributed by atoms with Crippen molar-refractivity contribution in [3.8, 4) is 0 Å². The monoisotopic (exact) mass is 341 g/mol.